The fourth-order valence-electron chi connectivity index (χ4n) is 3.81. The third-order valence-electron chi connectivity index (χ3n) is 5.93. The van der Waals surface area contributed by atoms with Gasteiger partial charge in [-0.25, -0.2) is 4.98 Å². The number of aliphatic hydroxyl groups is 4. The van der Waals surface area contributed by atoms with E-state index in [2.05, 4.69) is 15.3 Å². The number of rotatable bonds is 10. The van der Waals surface area contributed by atoms with Crippen LogP contribution in [0.4, 0.5) is 0 Å². The van der Waals surface area contributed by atoms with Crippen LogP contribution in [0.25, 0.3) is 0 Å². The number of ether oxygens (including phenoxy) is 2. The van der Waals surface area contributed by atoms with Crippen LogP contribution in [0.1, 0.15) is 48.4 Å². The second-order valence-electron chi connectivity index (χ2n) is 8.33. The Morgan fingerprint density at radius 2 is 2.03 bits per heavy atom. The van der Waals surface area contributed by atoms with Gasteiger partial charge in [-0.1, -0.05) is 19.0 Å². The summed E-state index contributed by atoms with van der Waals surface area (Å²) >= 11 is 1.14. The van der Waals surface area contributed by atoms with Gasteiger partial charge in [-0.2, -0.15) is 0 Å². The molecule has 2 fully saturated rings. The molecule has 1 aliphatic carbocycles. The van der Waals surface area contributed by atoms with Crippen molar-refractivity contribution >= 4 is 17.1 Å². The van der Waals surface area contributed by atoms with Crippen LogP contribution in [0, 0.1) is 5.92 Å². The summed E-state index contributed by atoms with van der Waals surface area (Å²) in [6.45, 7) is 0.433. The molecular weight excluding hydrogens is 452 g/mol. The second-order valence-corrected chi connectivity index (χ2v) is 9.45. The number of hydrogen-bond donors (Lipinski definition) is 4. The summed E-state index contributed by atoms with van der Waals surface area (Å²) in [5, 5.41) is 47.9. The molecule has 12 heteroatoms. The van der Waals surface area contributed by atoms with E-state index in [0.29, 0.717) is 21.5 Å². The first-order chi connectivity index (χ1) is 16.4. The third-order valence-corrected chi connectivity index (χ3v) is 7.00. The van der Waals surface area contributed by atoms with E-state index in [-0.39, 0.29) is 25.4 Å². The molecule has 184 valence electrons. The van der Waals surface area contributed by atoms with Gasteiger partial charge >= 0.3 is 0 Å². The van der Waals surface area contributed by atoms with Crippen LogP contribution in [0.3, 0.4) is 0 Å². The van der Waals surface area contributed by atoms with Crippen molar-refractivity contribution in [3.63, 3.8) is 0 Å². The standard InChI is InChI=1S/C20H28N4O7S.CH4/c25-8-15-19(28)20(29)18(27)14(31-15)4-17-21-5-16(32-17)13(26)10-30-9-12-7-24(23-22-12)6-11-2-1-3-11;/h5,7,11,14-15,18-20,25,27-29H,1-4,6,8-10H2;1H4/i;1D. The Morgan fingerprint density at radius 1 is 1.27 bits per heavy atom. The minimum atomic E-state index is -1.44. The summed E-state index contributed by atoms with van der Waals surface area (Å²) in [6, 6.07) is 0. The summed E-state index contributed by atoms with van der Waals surface area (Å²) in [7, 11) is 1.25. The summed E-state index contributed by atoms with van der Waals surface area (Å²) in [4.78, 5) is 17.0. The van der Waals surface area contributed by atoms with Gasteiger partial charge in [0.1, 0.15) is 36.7 Å². The Balaban J connectivity index is 0.00000158. The zero-order chi connectivity index (χ0) is 24.7. The SMILES string of the molecule is O=C(COCc1cn(CC2CCC2)nn1)c1cnc(CC2OC(CO)C(O)C(O)C2O)s1.[2H]C. The Labute approximate surface area is 197 Å². The molecular formula is C21H32N4O7S. The van der Waals surface area contributed by atoms with Crippen molar-refractivity contribution in [3.05, 3.63) is 28.0 Å². The normalized spacial score (nSPS) is 27.9. The molecule has 0 amide bonds. The number of carbonyl (C=O) groups excluding carboxylic acids is 1. The molecule has 1 saturated heterocycles. The first kappa shape index (κ1) is 24.3. The lowest BCUT2D eigenvalue weighted by Gasteiger charge is -2.39. The summed E-state index contributed by atoms with van der Waals surface area (Å²) < 4.78 is 18.5. The van der Waals surface area contributed by atoms with E-state index in [1.54, 1.807) is 0 Å². The molecule has 33 heavy (non-hydrogen) atoms. The molecule has 2 aromatic heterocycles. The van der Waals surface area contributed by atoms with Crippen LogP contribution in [-0.4, -0.2) is 89.9 Å². The fourth-order valence-corrected chi connectivity index (χ4v) is 4.69. The maximum absolute atomic E-state index is 12.4. The van der Waals surface area contributed by atoms with Crippen molar-refractivity contribution in [2.45, 2.75) is 76.8 Å². The summed E-state index contributed by atoms with van der Waals surface area (Å²) in [5.74, 6) is 0.444. The summed E-state index contributed by atoms with van der Waals surface area (Å²) in [6.07, 6.45) is 1.13. The van der Waals surface area contributed by atoms with Gasteiger partial charge < -0.3 is 29.9 Å². The maximum atomic E-state index is 12.4. The third kappa shape index (κ3) is 6.21. The van der Waals surface area contributed by atoms with Crippen LogP contribution in [0.5, 0.6) is 0 Å². The van der Waals surface area contributed by atoms with E-state index in [1.165, 1.54) is 32.9 Å². The molecule has 11 nitrogen and oxygen atoms in total. The van der Waals surface area contributed by atoms with Crippen molar-refractivity contribution in [1.29, 1.82) is 0 Å². The number of aliphatic hydroxyl groups excluding tert-OH is 4. The van der Waals surface area contributed by atoms with Crippen molar-refractivity contribution in [2.75, 3.05) is 13.2 Å². The lowest BCUT2D eigenvalue weighted by atomic mass is 9.85. The second kappa shape index (κ2) is 11.6. The Hall–Kier alpha value is -1.80. The monoisotopic (exact) mass is 485 g/mol. The molecule has 2 aliphatic rings. The van der Waals surface area contributed by atoms with E-state index < -0.39 is 37.1 Å². The summed E-state index contributed by atoms with van der Waals surface area (Å²) in [5.41, 5.74) is 0.671. The molecule has 0 spiro atoms. The molecule has 4 rings (SSSR count). The highest BCUT2D eigenvalue weighted by Crippen LogP contribution is 2.27. The Morgan fingerprint density at radius 3 is 2.73 bits per heavy atom. The van der Waals surface area contributed by atoms with Crippen LogP contribution in [0.2, 0.25) is 0 Å². The van der Waals surface area contributed by atoms with Crippen LogP contribution >= 0.6 is 11.3 Å². The number of aromatic nitrogens is 4. The average Bonchev–Trinajstić information content (AvgIpc) is 3.47. The van der Waals surface area contributed by atoms with Crippen LogP contribution in [0.15, 0.2) is 12.4 Å². The molecule has 4 N–H and O–H groups in total. The predicted molar refractivity (Wildman–Crippen MR) is 118 cm³/mol. The highest BCUT2D eigenvalue weighted by Gasteiger charge is 2.43. The lowest BCUT2D eigenvalue weighted by Crippen LogP contribution is -2.58. The maximum Gasteiger partial charge on any atom is 0.200 e. The van der Waals surface area contributed by atoms with Crippen LogP contribution < -0.4 is 0 Å². The van der Waals surface area contributed by atoms with Gasteiger partial charge in [0.25, 0.3) is 0 Å². The number of thiazole rings is 1. The molecule has 2 aromatic rings. The van der Waals surface area contributed by atoms with E-state index in [4.69, 9.17) is 10.8 Å². The smallest absolute Gasteiger partial charge is 0.200 e. The van der Waals surface area contributed by atoms with Gasteiger partial charge in [0.05, 0.1) is 35.4 Å². The number of carbonyl (C=O) groups is 1. The van der Waals surface area contributed by atoms with Gasteiger partial charge in [0, 0.05) is 20.5 Å². The fraction of sp³-hybridized carbons (Fsp3) is 0.714. The molecule has 0 bridgehead atoms. The number of hydrogen-bond acceptors (Lipinski definition) is 11. The minimum Gasteiger partial charge on any atom is -0.394 e. The molecule has 1 aliphatic heterocycles. The molecule has 0 radical (unpaired) electrons. The topological polar surface area (TPSA) is 160 Å². The van der Waals surface area contributed by atoms with Gasteiger partial charge in [-0.05, 0) is 18.8 Å². The van der Waals surface area contributed by atoms with Crippen molar-refractivity contribution in [3.8, 4) is 0 Å². The van der Waals surface area contributed by atoms with Gasteiger partial charge in [-0.15, -0.1) is 16.4 Å². The first-order valence-corrected chi connectivity index (χ1v) is 11.5. The van der Waals surface area contributed by atoms with Gasteiger partial charge in [-0.3, -0.25) is 9.48 Å². The number of nitrogens with zero attached hydrogens (tertiary/aromatic N) is 4. The first-order valence-electron chi connectivity index (χ1n) is 11.7. The molecule has 0 aromatic carbocycles. The number of ketones is 1. The minimum absolute atomic E-state index is 0.128. The van der Waals surface area contributed by atoms with E-state index in [9.17, 15) is 25.2 Å². The van der Waals surface area contributed by atoms with Gasteiger partial charge in [0.15, 0.2) is 5.78 Å². The van der Waals surface area contributed by atoms with Crippen molar-refractivity contribution < 1.29 is 36.1 Å². The molecule has 5 atom stereocenters. The van der Waals surface area contributed by atoms with E-state index in [0.717, 1.165) is 17.9 Å². The van der Waals surface area contributed by atoms with Crippen molar-refractivity contribution in [1.82, 2.24) is 20.0 Å². The molecule has 3 heterocycles. The predicted octanol–water partition coefficient (Wildman–Crippen LogP) is -0.0448. The zero-order valence-corrected chi connectivity index (χ0v) is 19.3. The average molecular weight is 486 g/mol. The quantitative estimate of drug-likeness (QED) is 0.336. The van der Waals surface area contributed by atoms with Crippen LogP contribution in [-0.2, 0) is 29.0 Å². The zero-order valence-electron chi connectivity index (χ0n) is 19.5. The highest BCUT2D eigenvalue weighted by molar-refractivity contribution is 7.13. The van der Waals surface area contributed by atoms with Crippen molar-refractivity contribution in [2.24, 2.45) is 5.92 Å². The Bertz CT molecular complexity index is 907. The van der Waals surface area contributed by atoms with Gasteiger partial charge in [0.2, 0.25) is 0 Å². The molecule has 5 unspecified atom stereocenters. The molecule has 1 saturated carbocycles. The van der Waals surface area contributed by atoms with E-state index >= 15 is 0 Å². The highest BCUT2D eigenvalue weighted by atomic mass is 32.1. The Kier molecular flexibility index (Phi) is 8.52. The number of Topliss-reactive ketones (excluding diaryl/α,β-unsaturated/α-hetero) is 1. The lowest BCUT2D eigenvalue weighted by molar-refractivity contribution is -0.228. The van der Waals surface area contributed by atoms with E-state index in [1.807, 2.05) is 10.9 Å². The largest absolute Gasteiger partial charge is 0.394 e.